The van der Waals surface area contributed by atoms with E-state index in [4.69, 9.17) is 10.5 Å². The zero-order chi connectivity index (χ0) is 29.4. The van der Waals surface area contributed by atoms with E-state index in [0.29, 0.717) is 22.0 Å². The van der Waals surface area contributed by atoms with Crippen molar-refractivity contribution in [3.8, 4) is 5.75 Å². The summed E-state index contributed by atoms with van der Waals surface area (Å²) < 4.78 is 32.9. The van der Waals surface area contributed by atoms with E-state index in [1.165, 1.54) is 24.3 Å². The number of phenolic OH excluding ortho intramolecular Hbond substituents is 1. The molecule has 17 nitrogen and oxygen atoms in total. The van der Waals surface area contributed by atoms with E-state index in [2.05, 4.69) is 5.32 Å². The normalized spacial score (nSPS) is 19.7. The first-order valence-electron chi connectivity index (χ1n) is 11.5. The number of ether oxygens (including phenoxy) is 1. The SMILES string of the molecule is NC(=O)[C@H](Cc1ccc(O)cc1)NC(=O)CN1C[C@@H]2OC[C@@H](C1=O)N2S(=O)(=O)c1ccc([N+](=O)[O-])cc1[N+](=O)[O-]. The minimum atomic E-state index is -4.75. The minimum Gasteiger partial charge on any atom is -0.508 e. The number of primary amides is 1. The van der Waals surface area contributed by atoms with Crippen LogP contribution >= 0.6 is 0 Å². The van der Waals surface area contributed by atoms with E-state index >= 15 is 0 Å². The molecule has 4 rings (SSSR count). The molecule has 40 heavy (non-hydrogen) atoms. The van der Waals surface area contributed by atoms with Crippen molar-refractivity contribution in [2.45, 2.75) is 29.6 Å². The highest BCUT2D eigenvalue weighted by Crippen LogP contribution is 2.36. The fourth-order valence-corrected chi connectivity index (χ4v) is 6.20. The van der Waals surface area contributed by atoms with Crippen LogP contribution in [0.4, 0.5) is 11.4 Å². The number of nitro groups is 2. The van der Waals surface area contributed by atoms with Crippen molar-refractivity contribution in [3.63, 3.8) is 0 Å². The molecule has 2 aliphatic rings. The van der Waals surface area contributed by atoms with Gasteiger partial charge >= 0.3 is 0 Å². The molecule has 0 saturated carbocycles. The van der Waals surface area contributed by atoms with Gasteiger partial charge in [0.2, 0.25) is 17.7 Å². The summed E-state index contributed by atoms with van der Waals surface area (Å²) in [6, 6.07) is 5.25. The van der Waals surface area contributed by atoms with Crippen LogP contribution in [0.2, 0.25) is 0 Å². The molecule has 2 aromatic carbocycles. The Morgan fingerprint density at radius 3 is 2.42 bits per heavy atom. The molecule has 18 heteroatoms. The maximum atomic E-state index is 13.4. The smallest absolute Gasteiger partial charge is 0.296 e. The number of carbonyl (C=O) groups excluding carboxylic acids is 3. The lowest BCUT2D eigenvalue weighted by Crippen LogP contribution is -2.61. The summed E-state index contributed by atoms with van der Waals surface area (Å²) in [5.41, 5.74) is 4.24. The largest absolute Gasteiger partial charge is 0.508 e. The van der Waals surface area contributed by atoms with E-state index in [-0.39, 0.29) is 12.2 Å². The van der Waals surface area contributed by atoms with Gasteiger partial charge in [0.25, 0.3) is 21.4 Å². The topological polar surface area (TPSA) is 246 Å². The molecule has 2 aromatic rings. The number of nitrogens with two attached hydrogens (primary N) is 1. The van der Waals surface area contributed by atoms with Crippen LogP contribution in [0, 0.1) is 20.2 Å². The number of nitrogens with one attached hydrogen (secondary N) is 1. The molecule has 2 aliphatic heterocycles. The maximum Gasteiger partial charge on any atom is 0.296 e. The summed E-state index contributed by atoms with van der Waals surface area (Å²) in [5.74, 6) is -2.44. The number of piperazine rings is 1. The molecule has 2 heterocycles. The molecule has 0 unspecified atom stereocenters. The zero-order valence-corrected chi connectivity index (χ0v) is 21.2. The van der Waals surface area contributed by atoms with Gasteiger partial charge in [0.1, 0.15) is 24.1 Å². The van der Waals surface area contributed by atoms with Crippen LogP contribution in [0.25, 0.3) is 0 Å². The standard InChI is InChI=1S/C22H22N6O11S/c23-21(31)15(7-12-1-4-14(29)5-2-12)24-19(30)9-25-10-20-26(17(11-39-20)22(25)32)40(37,38)18-6-3-13(27(33)34)8-16(18)28(35)36/h1-6,8,15,17,20,29H,7,9-11H2,(H2,23,31)(H,24,30)/t15-,17-,20-/m0/s1. The quantitative estimate of drug-likeness (QED) is 0.227. The first-order valence-corrected chi connectivity index (χ1v) is 13.0. The number of benzene rings is 2. The molecule has 2 saturated heterocycles. The maximum absolute atomic E-state index is 13.4. The van der Waals surface area contributed by atoms with Gasteiger partial charge in [-0.1, -0.05) is 12.1 Å². The van der Waals surface area contributed by atoms with Gasteiger partial charge in [0.15, 0.2) is 4.90 Å². The Morgan fingerprint density at radius 2 is 1.82 bits per heavy atom. The van der Waals surface area contributed by atoms with Crippen molar-refractivity contribution in [2.75, 3.05) is 19.7 Å². The highest BCUT2D eigenvalue weighted by atomic mass is 32.2. The van der Waals surface area contributed by atoms with E-state index in [9.17, 15) is 48.1 Å². The van der Waals surface area contributed by atoms with Gasteiger partial charge in [-0.3, -0.25) is 34.6 Å². The summed E-state index contributed by atoms with van der Waals surface area (Å²) in [5, 5.41) is 34.4. The van der Waals surface area contributed by atoms with Gasteiger partial charge in [0, 0.05) is 12.5 Å². The molecule has 0 aliphatic carbocycles. The Morgan fingerprint density at radius 1 is 1.15 bits per heavy atom. The van der Waals surface area contributed by atoms with Crippen molar-refractivity contribution >= 4 is 39.1 Å². The van der Waals surface area contributed by atoms with E-state index < -0.39 is 91.9 Å². The molecule has 2 bridgehead atoms. The van der Waals surface area contributed by atoms with Crippen molar-refractivity contribution in [3.05, 3.63) is 68.3 Å². The Bertz CT molecular complexity index is 1500. The van der Waals surface area contributed by atoms with Gasteiger partial charge in [-0.15, -0.1) is 0 Å². The van der Waals surface area contributed by atoms with E-state index in [1.807, 2.05) is 0 Å². The minimum absolute atomic E-state index is 0.00288. The summed E-state index contributed by atoms with van der Waals surface area (Å²) in [6.07, 6.45) is -1.30. The number of amides is 3. The number of nitro benzene ring substituents is 2. The number of carbonyl (C=O) groups is 3. The second kappa shape index (κ2) is 10.8. The van der Waals surface area contributed by atoms with Gasteiger partial charge < -0.3 is 25.8 Å². The number of sulfonamides is 1. The number of hydrogen-bond donors (Lipinski definition) is 3. The molecular weight excluding hydrogens is 556 g/mol. The van der Waals surface area contributed by atoms with Gasteiger partial charge in [0.05, 0.1) is 35.6 Å². The number of hydrogen-bond acceptors (Lipinski definition) is 11. The van der Waals surface area contributed by atoms with Crippen molar-refractivity contribution < 1.29 is 42.5 Å². The number of phenols is 1. The summed E-state index contributed by atoms with van der Waals surface area (Å²) >= 11 is 0. The number of non-ortho nitro benzene ring substituents is 1. The molecule has 0 aromatic heterocycles. The zero-order valence-electron chi connectivity index (χ0n) is 20.4. The fraction of sp³-hybridized carbons (Fsp3) is 0.318. The van der Waals surface area contributed by atoms with E-state index in [1.54, 1.807) is 0 Å². The molecule has 4 N–H and O–H groups in total. The molecule has 3 atom stereocenters. The lowest BCUT2D eigenvalue weighted by atomic mass is 10.1. The number of fused-ring (bicyclic) bond motifs is 2. The molecule has 2 fully saturated rings. The van der Waals surface area contributed by atoms with Crippen LogP contribution in [0.1, 0.15) is 5.56 Å². The third-order valence-corrected chi connectivity index (χ3v) is 8.25. The Kier molecular flexibility index (Phi) is 7.67. The predicted molar refractivity (Wildman–Crippen MR) is 132 cm³/mol. The van der Waals surface area contributed by atoms with Gasteiger partial charge in [-0.25, -0.2) is 8.42 Å². The molecule has 0 radical (unpaired) electrons. The second-order valence-electron chi connectivity index (χ2n) is 8.92. The molecular formula is C22H22N6O11S. The van der Waals surface area contributed by atoms with Crippen LogP contribution in [0.5, 0.6) is 5.75 Å². The van der Waals surface area contributed by atoms with Crippen LogP contribution < -0.4 is 11.1 Å². The summed E-state index contributed by atoms with van der Waals surface area (Å²) in [6.45, 7) is -1.38. The Balaban J connectivity index is 1.49. The number of aromatic hydroxyl groups is 1. The molecule has 3 amide bonds. The first kappa shape index (κ1) is 28.3. The first-order chi connectivity index (χ1) is 18.8. The van der Waals surface area contributed by atoms with Crippen LogP contribution in [0.3, 0.4) is 0 Å². The van der Waals surface area contributed by atoms with Crippen molar-refractivity contribution in [1.82, 2.24) is 14.5 Å². The van der Waals surface area contributed by atoms with Crippen LogP contribution in [-0.4, -0.2) is 88.3 Å². The average Bonchev–Trinajstić information content (AvgIpc) is 3.26. The monoisotopic (exact) mass is 578 g/mol. The number of rotatable bonds is 10. The lowest BCUT2D eigenvalue weighted by Gasteiger charge is -2.37. The Hall–Kier alpha value is -4.68. The van der Waals surface area contributed by atoms with Crippen LogP contribution in [-0.2, 0) is 35.6 Å². The predicted octanol–water partition coefficient (Wildman–Crippen LogP) is -1.02. The lowest BCUT2D eigenvalue weighted by molar-refractivity contribution is -0.396. The van der Waals surface area contributed by atoms with E-state index in [0.717, 1.165) is 11.0 Å². The average molecular weight is 579 g/mol. The van der Waals surface area contributed by atoms with Crippen molar-refractivity contribution in [2.24, 2.45) is 5.73 Å². The number of nitrogens with zero attached hydrogens (tertiary/aromatic N) is 4. The molecule has 0 spiro atoms. The summed E-state index contributed by atoms with van der Waals surface area (Å²) in [4.78, 5) is 58.4. The Labute approximate surface area is 225 Å². The summed E-state index contributed by atoms with van der Waals surface area (Å²) in [7, 11) is -4.75. The van der Waals surface area contributed by atoms with Gasteiger partial charge in [-0.05, 0) is 23.8 Å². The molecule has 212 valence electrons. The third-order valence-electron chi connectivity index (χ3n) is 6.31. The highest BCUT2D eigenvalue weighted by molar-refractivity contribution is 7.89. The van der Waals surface area contributed by atoms with Gasteiger partial charge in [-0.2, -0.15) is 4.31 Å². The fourth-order valence-electron chi connectivity index (χ4n) is 4.41. The third kappa shape index (κ3) is 5.53. The second-order valence-corrected chi connectivity index (χ2v) is 10.7. The van der Waals surface area contributed by atoms with Crippen molar-refractivity contribution in [1.29, 1.82) is 0 Å². The van der Waals surface area contributed by atoms with Crippen LogP contribution in [0.15, 0.2) is 47.4 Å². The highest BCUT2D eigenvalue weighted by Gasteiger charge is 2.54.